The van der Waals surface area contributed by atoms with Gasteiger partial charge in [0, 0.05) is 18.5 Å². The van der Waals surface area contributed by atoms with Gasteiger partial charge in [-0.1, -0.05) is 11.6 Å². The van der Waals surface area contributed by atoms with Gasteiger partial charge in [0.05, 0.1) is 11.2 Å². The van der Waals surface area contributed by atoms with Crippen molar-refractivity contribution in [1.29, 1.82) is 0 Å². The zero-order valence-electron chi connectivity index (χ0n) is 9.32. The lowest BCUT2D eigenvalue weighted by atomic mass is 10.00. The Bertz CT molecular complexity index is 402. The summed E-state index contributed by atoms with van der Waals surface area (Å²) >= 11 is 6.00. The van der Waals surface area contributed by atoms with E-state index in [-0.39, 0.29) is 17.7 Å². The lowest BCUT2D eigenvalue weighted by Crippen LogP contribution is -2.20. The zero-order valence-corrected chi connectivity index (χ0v) is 10.1. The number of hydrogen-bond donors (Lipinski definition) is 1. The molecule has 1 aromatic rings. The maximum absolute atomic E-state index is 12.3. The lowest BCUT2D eigenvalue weighted by Gasteiger charge is -2.10. The second-order valence-corrected chi connectivity index (χ2v) is 4.70. The molecule has 5 heteroatoms. The molecule has 2 rings (SSSR count). The van der Waals surface area contributed by atoms with Crippen molar-refractivity contribution in [2.75, 3.05) is 0 Å². The molecule has 88 valence electrons. The van der Waals surface area contributed by atoms with E-state index in [0.717, 1.165) is 19.3 Å². The Hall–Kier alpha value is -0.870. The molecule has 0 radical (unpaired) electrons. The van der Waals surface area contributed by atoms with Crippen molar-refractivity contribution in [2.24, 2.45) is 11.7 Å². The molecule has 0 saturated heterocycles. The third-order valence-corrected chi connectivity index (χ3v) is 3.45. The molecule has 2 atom stereocenters. The van der Waals surface area contributed by atoms with E-state index in [1.54, 1.807) is 4.68 Å². The minimum absolute atomic E-state index is 0.0227. The molecule has 1 saturated carbocycles. The van der Waals surface area contributed by atoms with Crippen molar-refractivity contribution in [2.45, 2.75) is 38.8 Å². The topological polar surface area (TPSA) is 60.9 Å². The summed E-state index contributed by atoms with van der Waals surface area (Å²) in [5.41, 5.74) is 6.36. The van der Waals surface area contributed by atoms with Crippen molar-refractivity contribution in [3.63, 3.8) is 0 Å². The molecule has 4 nitrogen and oxygen atoms in total. The van der Waals surface area contributed by atoms with Crippen LogP contribution in [0.2, 0.25) is 5.02 Å². The third kappa shape index (κ3) is 1.99. The van der Waals surface area contributed by atoms with Crippen LogP contribution in [0.25, 0.3) is 0 Å². The van der Waals surface area contributed by atoms with Crippen LogP contribution in [0.5, 0.6) is 0 Å². The van der Waals surface area contributed by atoms with Gasteiger partial charge in [0.2, 0.25) is 0 Å². The summed E-state index contributed by atoms with van der Waals surface area (Å²) in [6, 6.07) is 0.158. The molecule has 2 N–H and O–H groups in total. The van der Waals surface area contributed by atoms with Gasteiger partial charge in [-0.2, -0.15) is 5.10 Å². The second-order valence-electron chi connectivity index (χ2n) is 4.29. The Morgan fingerprint density at radius 3 is 3.00 bits per heavy atom. The van der Waals surface area contributed by atoms with Gasteiger partial charge in [0.1, 0.15) is 5.69 Å². The smallest absolute Gasteiger partial charge is 0.185 e. The first kappa shape index (κ1) is 11.6. The van der Waals surface area contributed by atoms with E-state index in [2.05, 4.69) is 5.10 Å². The summed E-state index contributed by atoms with van der Waals surface area (Å²) in [4.78, 5) is 12.3. The van der Waals surface area contributed by atoms with E-state index in [1.807, 2.05) is 6.92 Å². The van der Waals surface area contributed by atoms with Gasteiger partial charge < -0.3 is 5.73 Å². The fourth-order valence-electron chi connectivity index (χ4n) is 2.30. The SMILES string of the molecule is CCn1ncc(Cl)c1C(=O)C1CCC(N)C1. The monoisotopic (exact) mass is 241 g/mol. The van der Waals surface area contributed by atoms with Crippen LogP contribution >= 0.6 is 11.6 Å². The quantitative estimate of drug-likeness (QED) is 0.822. The summed E-state index contributed by atoms with van der Waals surface area (Å²) in [6.07, 6.45) is 4.09. The largest absolute Gasteiger partial charge is 0.328 e. The molecule has 1 aromatic heterocycles. The molecule has 1 fully saturated rings. The van der Waals surface area contributed by atoms with Gasteiger partial charge in [-0.05, 0) is 26.2 Å². The van der Waals surface area contributed by atoms with Crippen molar-refractivity contribution in [3.8, 4) is 0 Å². The van der Waals surface area contributed by atoms with Crippen molar-refractivity contribution in [3.05, 3.63) is 16.9 Å². The van der Waals surface area contributed by atoms with Gasteiger partial charge in [-0.15, -0.1) is 0 Å². The minimum atomic E-state index is 0.0227. The average Bonchev–Trinajstić information content (AvgIpc) is 2.83. The molecule has 0 aromatic carbocycles. The highest BCUT2D eigenvalue weighted by molar-refractivity contribution is 6.33. The van der Waals surface area contributed by atoms with Crippen LogP contribution in [0.15, 0.2) is 6.20 Å². The number of halogens is 1. The predicted octanol–water partition coefficient (Wildman–Crippen LogP) is 1.87. The first-order chi connectivity index (χ1) is 7.63. The average molecular weight is 242 g/mol. The fourth-order valence-corrected chi connectivity index (χ4v) is 2.53. The molecule has 2 unspecified atom stereocenters. The first-order valence-corrected chi connectivity index (χ1v) is 6.02. The molecule has 0 spiro atoms. The van der Waals surface area contributed by atoms with Gasteiger partial charge >= 0.3 is 0 Å². The minimum Gasteiger partial charge on any atom is -0.328 e. The van der Waals surface area contributed by atoms with E-state index >= 15 is 0 Å². The number of ketones is 1. The third-order valence-electron chi connectivity index (χ3n) is 3.17. The summed E-state index contributed by atoms with van der Waals surface area (Å²) in [7, 11) is 0. The Morgan fingerprint density at radius 2 is 2.44 bits per heavy atom. The first-order valence-electron chi connectivity index (χ1n) is 5.64. The van der Waals surface area contributed by atoms with Gasteiger partial charge in [0.15, 0.2) is 5.78 Å². The number of aromatic nitrogens is 2. The number of carbonyl (C=O) groups is 1. The number of rotatable bonds is 3. The van der Waals surface area contributed by atoms with E-state index in [9.17, 15) is 4.79 Å². The molecular weight excluding hydrogens is 226 g/mol. The normalized spacial score (nSPS) is 24.9. The zero-order chi connectivity index (χ0) is 11.7. The maximum Gasteiger partial charge on any atom is 0.185 e. The van der Waals surface area contributed by atoms with E-state index in [0.29, 0.717) is 17.3 Å². The van der Waals surface area contributed by atoms with Gasteiger partial charge in [-0.25, -0.2) is 0 Å². The second kappa shape index (κ2) is 4.55. The summed E-state index contributed by atoms with van der Waals surface area (Å²) in [5.74, 6) is 0.117. The summed E-state index contributed by atoms with van der Waals surface area (Å²) in [6.45, 7) is 2.60. The summed E-state index contributed by atoms with van der Waals surface area (Å²) in [5, 5.41) is 4.53. The highest BCUT2D eigenvalue weighted by Crippen LogP contribution is 2.29. The predicted molar refractivity (Wildman–Crippen MR) is 62.6 cm³/mol. The van der Waals surface area contributed by atoms with Crippen molar-refractivity contribution >= 4 is 17.4 Å². The van der Waals surface area contributed by atoms with Crippen LogP contribution in [-0.2, 0) is 6.54 Å². The molecule has 0 aliphatic heterocycles. The van der Waals surface area contributed by atoms with E-state index in [1.165, 1.54) is 6.20 Å². The molecule has 1 heterocycles. The van der Waals surface area contributed by atoms with Crippen LogP contribution in [0.1, 0.15) is 36.7 Å². The van der Waals surface area contributed by atoms with Crippen LogP contribution in [-0.4, -0.2) is 21.6 Å². The number of nitrogens with two attached hydrogens (primary N) is 1. The number of carbonyl (C=O) groups excluding carboxylic acids is 1. The maximum atomic E-state index is 12.3. The Balaban J connectivity index is 2.23. The molecule has 0 bridgehead atoms. The van der Waals surface area contributed by atoms with Crippen LogP contribution in [0, 0.1) is 5.92 Å². The van der Waals surface area contributed by atoms with E-state index < -0.39 is 0 Å². The molecule has 16 heavy (non-hydrogen) atoms. The van der Waals surface area contributed by atoms with Crippen LogP contribution in [0.4, 0.5) is 0 Å². The molecular formula is C11H16ClN3O. The summed E-state index contributed by atoms with van der Waals surface area (Å²) < 4.78 is 1.66. The van der Waals surface area contributed by atoms with Crippen LogP contribution < -0.4 is 5.73 Å². The lowest BCUT2D eigenvalue weighted by molar-refractivity contribution is 0.0911. The molecule has 0 amide bonds. The number of Topliss-reactive ketones (excluding diaryl/α,β-unsaturated/α-hetero) is 1. The highest BCUT2D eigenvalue weighted by Gasteiger charge is 2.31. The number of aryl methyl sites for hydroxylation is 1. The van der Waals surface area contributed by atoms with E-state index in [4.69, 9.17) is 17.3 Å². The van der Waals surface area contributed by atoms with Gasteiger partial charge in [0.25, 0.3) is 0 Å². The Labute approximate surface area is 99.8 Å². The van der Waals surface area contributed by atoms with Crippen molar-refractivity contribution in [1.82, 2.24) is 9.78 Å². The molecule has 1 aliphatic rings. The van der Waals surface area contributed by atoms with Gasteiger partial charge in [-0.3, -0.25) is 9.48 Å². The number of hydrogen-bond acceptors (Lipinski definition) is 3. The number of nitrogens with zero attached hydrogens (tertiary/aromatic N) is 2. The van der Waals surface area contributed by atoms with Crippen LogP contribution in [0.3, 0.4) is 0 Å². The standard InChI is InChI=1S/C11H16ClN3O/c1-2-15-10(9(12)6-14-15)11(16)7-3-4-8(13)5-7/h6-8H,2-5,13H2,1H3. The fraction of sp³-hybridized carbons (Fsp3) is 0.636. The van der Waals surface area contributed by atoms with Crippen molar-refractivity contribution < 1.29 is 4.79 Å². The molecule has 1 aliphatic carbocycles. The Kier molecular flexibility index (Phi) is 3.30. The highest BCUT2D eigenvalue weighted by atomic mass is 35.5. The Morgan fingerprint density at radius 1 is 1.69 bits per heavy atom.